The molecule has 2 aromatic carbocycles. The van der Waals surface area contributed by atoms with Crippen molar-refractivity contribution < 1.29 is 22.8 Å². The third-order valence-electron chi connectivity index (χ3n) is 6.43. The minimum atomic E-state index is -3.51. The lowest BCUT2D eigenvalue weighted by molar-refractivity contribution is -0.139. The van der Waals surface area contributed by atoms with Gasteiger partial charge in [-0.2, -0.15) is 4.31 Å². The maximum absolute atomic E-state index is 13.2. The van der Waals surface area contributed by atoms with Crippen LogP contribution in [0.3, 0.4) is 0 Å². The van der Waals surface area contributed by atoms with Crippen LogP contribution < -0.4 is 5.32 Å². The van der Waals surface area contributed by atoms with Gasteiger partial charge in [0.05, 0.1) is 5.75 Å². The van der Waals surface area contributed by atoms with Crippen LogP contribution in [0, 0.1) is 6.92 Å². The van der Waals surface area contributed by atoms with Crippen LogP contribution in [0.2, 0.25) is 0 Å². The Labute approximate surface area is 199 Å². The van der Waals surface area contributed by atoms with E-state index in [9.17, 15) is 22.8 Å². The Bertz CT molecular complexity index is 1210. The maximum Gasteiger partial charge on any atom is 0.325 e. The molecule has 0 saturated carbocycles. The van der Waals surface area contributed by atoms with Crippen molar-refractivity contribution in [3.05, 3.63) is 71.3 Å². The van der Waals surface area contributed by atoms with Gasteiger partial charge in [0.15, 0.2) is 0 Å². The second-order valence-corrected chi connectivity index (χ2v) is 10.8. The molecule has 1 atom stereocenters. The number of carbonyl (C=O) groups is 3. The highest BCUT2D eigenvalue weighted by atomic mass is 32.2. The Morgan fingerprint density at radius 1 is 0.971 bits per heavy atom. The first-order chi connectivity index (χ1) is 16.1. The Morgan fingerprint density at radius 3 is 2.24 bits per heavy atom. The summed E-state index contributed by atoms with van der Waals surface area (Å²) in [5, 5.41) is 2.72. The van der Waals surface area contributed by atoms with E-state index in [4.69, 9.17) is 0 Å². The fourth-order valence-electron chi connectivity index (χ4n) is 4.48. The number of nitrogens with one attached hydrogen (secondary N) is 1. The minimum absolute atomic E-state index is 0.0955. The summed E-state index contributed by atoms with van der Waals surface area (Å²) >= 11 is 0. The third-order valence-corrected chi connectivity index (χ3v) is 8.28. The van der Waals surface area contributed by atoms with Crippen LogP contribution in [0.15, 0.2) is 54.6 Å². The van der Waals surface area contributed by atoms with Gasteiger partial charge in [-0.1, -0.05) is 54.6 Å². The monoisotopic (exact) mass is 484 g/mol. The van der Waals surface area contributed by atoms with Crippen molar-refractivity contribution in [2.45, 2.75) is 25.1 Å². The van der Waals surface area contributed by atoms with Crippen LogP contribution in [0.4, 0.5) is 4.79 Å². The van der Waals surface area contributed by atoms with Gasteiger partial charge in [-0.3, -0.25) is 14.5 Å². The van der Waals surface area contributed by atoms with Crippen molar-refractivity contribution in [1.82, 2.24) is 19.4 Å². The molecule has 1 unspecified atom stereocenters. The molecule has 0 radical (unpaired) electrons. The number of imide groups is 1. The second kappa shape index (κ2) is 9.19. The largest absolute Gasteiger partial charge is 0.338 e. The van der Waals surface area contributed by atoms with Gasteiger partial charge in [0.2, 0.25) is 15.9 Å². The fraction of sp³-hybridized carbons (Fsp3) is 0.375. The number of rotatable bonds is 6. The molecule has 34 heavy (non-hydrogen) atoms. The van der Waals surface area contributed by atoms with Crippen LogP contribution in [0.1, 0.15) is 23.6 Å². The number of urea groups is 1. The SMILES string of the molecule is Cc1ccccc1C1(C)NC(=O)N(CC(=O)N2CCN(S(=O)(=O)Cc3ccccc3)CC2)C1=O. The molecule has 2 saturated heterocycles. The highest BCUT2D eigenvalue weighted by Crippen LogP contribution is 2.31. The number of hydrogen-bond acceptors (Lipinski definition) is 5. The first-order valence-electron chi connectivity index (χ1n) is 11.1. The van der Waals surface area contributed by atoms with Crippen molar-refractivity contribution in [1.29, 1.82) is 0 Å². The van der Waals surface area contributed by atoms with Crippen LogP contribution in [0.25, 0.3) is 0 Å². The predicted molar refractivity (Wildman–Crippen MR) is 126 cm³/mol. The highest BCUT2D eigenvalue weighted by Gasteiger charge is 2.50. The molecule has 4 rings (SSSR count). The lowest BCUT2D eigenvalue weighted by Gasteiger charge is -2.34. The van der Waals surface area contributed by atoms with E-state index in [2.05, 4.69) is 5.32 Å². The van der Waals surface area contributed by atoms with E-state index in [-0.39, 0.29) is 38.5 Å². The van der Waals surface area contributed by atoms with Gasteiger partial charge in [-0.15, -0.1) is 0 Å². The number of nitrogens with zero attached hydrogens (tertiary/aromatic N) is 3. The van der Waals surface area contributed by atoms with Crippen LogP contribution in [-0.4, -0.2) is 73.1 Å². The van der Waals surface area contributed by atoms with Gasteiger partial charge in [-0.05, 0) is 30.5 Å². The van der Waals surface area contributed by atoms with Gasteiger partial charge >= 0.3 is 6.03 Å². The van der Waals surface area contributed by atoms with Gasteiger partial charge in [0, 0.05) is 26.2 Å². The number of hydrogen-bond donors (Lipinski definition) is 1. The molecule has 2 fully saturated rings. The summed E-state index contributed by atoms with van der Waals surface area (Å²) in [6.07, 6.45) is 0. The molecule has 180 valence electrons. The quantitative estimate of drug-likeness (QED) is 0.625. The number of sulfonamides is 1. The molecule has 2 aliphatic rings. The van der Waals surface area contributed by atoms with Crippen molar-refractivity contribution in [2.75, 3.05) is 32.7 Å². The third kappa shape index (κ3) is 4.55. The lowest BCUT2D eigenvalue weighted by atomic mass is 9.88. The zero-order chi connectivity index (χ0) is 24.5. The Balaban J connectivity index is 1.37. The van der Waals surface area contributed by atoms with E-state index in [1.807, 2.05) is 25.1 Å². The molecule has 4 amide bonds. The predicted octanol–water partition coefficient (Wildman–Crippen LogP) is 1.44. The van der Waals surface area contributed by atoms with E-state index >= 15 is 0 Å². The molecule has 0 spiro atoms. The van der Waals surface area contributed by atoms with Crippen LogP contribution >= 0.6 is 0 Å². The van der Waals surface area contributed by atoms with Crippen molar-refractivity contribution in [3.8, 4) is 0 Å². The van der Waals surface area contributed by atoms with Gasteiger partial charge in [0.25, 0.3) is 5.91 Å². The Kier molecular flexibility index (Phi) is 6.46. The Hall–Kier alpha value is -3.24. The molecule has 0 aromatic heterocycles. The number of carbonyl (C=O) groups excluding carboxylic acids is 3. The smallest absolute Gasteiger partial charge is 0.325 e. The maximum atomic E-state index is 13.2. The number of benzene rings is 2. The summed E-state index contributed by atoms with van der Waals surface area (Å²) in [7, 11) is -3.51. The number of piperazine rings is 1. The van der Waals surface area contributed by atoms with Gasteiger partial charge < -0.3 is 10.2 Å². The average Bonchev–Trinajstić information content (AvgIpc) is 3.03. The van der Waals surface area contributed by atoms with E-state index in [0.29, 0.717) is 11.1 Å². The molecule has 1 N–H and O–H groups in total. The first kappa shape index (κ1) is 23.9. The first-order valence-corrected chi connectivity index (χ1v) is 12.7. The molecule has 0 bridgehead atoms. The van der Waals surface area contributed by atoms with Gasteiger partial charge in [-0.25, -0.2) is 13.2 Å². The summed E-state index contributed by atoms with van der Waals surface area (Å²) in [5.74, 6) is -0.969. The van der Waals surface area contributed by atoms with Gasteiger partial charge in [0.1, 0.15) is 12.1 Å². The van der Waals surface area contributed by atoms with E-state index in [0.717, 1.165) is 10.5 Å². The van der Waals surface area contributed by atoms with Crippen molar-refractivity contribution in [3.63, 3.8) is 0 Å². The minimum Gasteiger partial charge on any atom is -0.338 e. The summed E-state index contributed by atoms with van der Waals surface area (Å²) in [5.41, 5.74) is 1.00. The molecular formula is C24H28N4O5S. The summed E-state index contributed by atoms with van der Waals surface area (Å²) in [4.78, 5) is 41.1. The zero-order valence-electron chi connectivity index (χ0n) is 19.2. The van der Waals surface area contributed by atoms with E-state index < -0.39 is 33.4 Å². The highest BCUT2D eigenvalue weighted by molar-refractivity contribution is 7.88. The molecular weight excluding hydrogens is 456 g/mol. The Morgan fingerprint density at radius 2 is 1.59 bits per heavy atom. The van der Waals surface area contributed by atoms with Crippen molar-refractivity contribution in [2.24, 2.45) is 0 Å². The van der Waals surface area contributed by atoms with Crippen LogP contribution in [0.5, 0.6) is 0 Å². The molecule has 2 heterocycles. The zero-order valence-corrected chi connectivity index (χ0v) is 20.0. The normalized spacial score (nSPS) is 21.6. The lowest BCUT2D eigenvalue weighted by Crippen LogP contribution is -2.53. The van der Waals surface area contributed by atoms with E-state index in [1.54, 1.807) is 43.3 Å². The molecule has 2 aromatic rings. The summed E-state index contributed by atoms with van der Waals surface area (Å²) < 4.78 is 26.9. The van der Waals surface area contributed by atoms with E-state index in [1.165, 1.54) is 9.21 Å². The molecule has 10 heteroatoms. The molecule has 0 aliphatic carbocycles. The molecule has 9 nitrogen and oxygen atoms in total. The standard InChI is InChI=1S/C24H28N4O5S/c1-18-8-6-7-11-20(18)24(2)22(30)28(23(31)25-24)16-21(29)26-12-14-27(15-13-26)34(32,33)17-19-9-4-3-5-10-19/h3-11H,12-17H2,1-2H3,(H,25,31). The van der Waals surface area contributed by atoms with Crippen molar-refractivity contribution >= 4 is 27.9 Å². The molecule has 2 aliphatic heterocycles. The fourth-order valence-corrected chi connectivity index (χ4v) is 6.00. The second-order valence-electron chi connectivity index (χ2n) is 8.78. The summed E-state index contributed by atoms with van der Waals surface area (Å²) in [6, 6.07) is 15.6. The average molecular weight is 485 g/mol. The number of aryl methyl sites for hydroxylation is 1. The topological polar surface area (TPSA) is 107 Å². The number of amides is 4. The summed E-state index contributed by atoms with van der Waals surface area (Å²) in [6.45, 7) is 3.85. The van der Waals surface area contributed by atoms with Crippen LogP contribution in [-0.2, 0) is 30.9 Å².